The maximum Gasteiger partial charge on any atom is 0.573 e. The number of nitrogens with one attached hydrogen (secondary N) is 3. The van der Waals surface area contributed by atoms with Crippen molar-refractivity contribution in [3.63, 3.8) is 0 Å². The first-order chi connectivity index (χ1) is 31.3. The number of aliphatic hydroxyl groups is 1. The van der Waals surface area contributed by atoms with Crippen molar-refractivity contribution in [2.75, 3.05) is 63.8 Å². The van der Waals surface area contributed by atoms with Crippen LogP contribution in [-0.4, -0.2) is 132 Å². The first-order valence-corrected chi connectivity index (χ1v) is 22.2. The molecule has 3 amide bonds. The number of hydrogen-bond acceptors (Lipinski definition) is 12. The Kier molecular flexibility index (Phi) is 14.9. The first kappa shape index (κ1) is 48.6. The molecule has 66 heavy (non-hydrogen) atoms. The molecular weight excluding hydrogens is 885 g/mol. The second-order valence-corrected chi connectivity index (χ2v) is 18.2. The number of ether oxygens (including phenoxy) is 4. The monoisotopic (exact) mass is 940 g/mol. The number of hydrogen-bond donors (Lipinski definition) is 4. The maximum absolute atomic E-state index is 14.2. The van der Waals surface area contributed by atoms with E-state index >= 15 is 0 Å². The summed E-state index contributed by atoms with van der Waals surface area (Å²) in [4.78, 5) is 58.6. The summed E-state index contributed by atoms with van der Waals surface area (Å²) in [5.74, 6) is -0.378. The van der Waals surface area contributed by atoms with Crippen molar-refractivity contribution in [2.45, 2.75) is 84.0 Å². The van der Waals surface area contributed by atoms with E-state index in [2.05, 4.69) is 30.2 Å². The van der Waals surface area contributed by atoms with E-state index in [0.717, 1.165) is 6.07 Å². The van der Waals surface area contributed by atoms with E-state index in [-0.39, 0.29) is 51.7 Å². The van der Waals surface area contributed by atoms with Crippen molar-refractivity contribution in [3.8, 4) is 28.1 Å². The standard InChI is InChI=1S/C46H56ClF3N8O8/c1-26-24-56(43(61)45(2,3)4)15-16-57(26)38-12-11-30(22-51-38)41(59)54-34-21-37(66-46(48,49)50)32(20-33(34)47)27-7-9-28(10-8-27)35-23-52-40(53-35)36-19-31(63-5)25-58(36)42(60)39(55-44(62)64-6)29-13-17-65-18-14-29/h7-12,20-23,26,29,31,36,39,44,55,62H,13-19,24-25H2,1-6H3,(H,52,53)(H,54,59)/t26-,31+,36+,39+,44?/m1/s1. The third kappa shape index (κ3) is 11.3. The Hall–Kier alpha value is -5.31. The lowest BCUT2D eigenvalue weighted by Gasteiger charge is -2.42. The van der Waals surface area contributed by atoms with Gasteiger partial charge in [-0.05, 0) is 49.4 Å². The number of nitrogens with zero attached hydrogens (tertiary/aromatic N) is 5. The molecule has 1 unspecified atom stereocenters. The van der Waals surface area contributed by atoms with Gasteiger partial charge >= 0.3 is 6.36 Å². The van der Waals surface area contributed by atoms with Gasteiger partial charge in [0.2, 0.25) is 18.2 Å². The number of likely N-dealkylation sites (tertiary alicyclic amines) is 1. The van der Waals surface area contributed by atoms with E-state index in [4.69, 9.17) is 30.8 Å². The number of carbonyl (C=O) groups is 3. The fourth-order valence-corrected chi connectivity index (χ4v) is 8.94. The highest BCUT2D eigenvalue weighted by Crippen LogP contribution is 2.41. The van der Waals surface area contributed by atoms with Crippen LogP contribution in [0.4, 0.5) is 24.7 Å². The number of carbonyl (C=O) groups excluding carboxylic acids is 3. The van der Waals surface area contributed by atoms with Gasteiger partial charge < -0.3 is 49.1 Å². The van der Waals surface area contributed by atoms with E-state index < -0.39 is 41.9 Å². The summed E-state index contributed by atoms with van der Waals surface area (Å²) in [6.07, 6.45) is -1.92. The van der Waals surface area contributed by atoms with Gasteiger partial charge in [-0.15, -0.1) is 13.2 Å². The SMILES string of the molecule is COC(O)N[C@H](C(=O)N1C[C@@H](OC)C[C@H]1c1nc(-c2ccc(-c3cc(Cl)c(NC(=O)c4ccc(N5CCN(C(=O)C(C)(C)C)C[C@H]5C)nc4)cc3OC(F)(F)F)cc2)c[nH]1)C1CCOCC1. The Morgan fingerprint density at radius 2 is 1.71 bits per heavy atom. The van der Waals surface area contributed by atoms with Gasteiger partial charge in [-0.2, -0.15) is 0 Å². The van der Waals surface area contributed by atoms with Gasteiger partial charge in [0.15, 0.2) is 0 Å². The van der Waals surface area contributed by atoms with Crippen LogP contribution in [0.2, 0.25) is 5.02 Å². The number of alkyl halides is 3. The molecule has 0 spiro atoms. The van der Waals surface area contributed by atoms with Crippen LogP contribution in [-0.2, 0) is 23.8 Å². The Morgan fingerprint density at radius 3 is 2.33 bits per heavy atom. The van der Waals surface area contributed by atoms with Crippen LogP contribution in [0.15, 0.2) is 60.9 Å². The highest BCUT2D eigenvalue weighted by Gasteiger charge is 2.43. The number of piperazine rings is 1. The summed E-state index contributed by atoms with van der Waals surface area (Å²) in [5, 5.41) is 15.8. The van der Waals surface area contributed by atoms with Crippen LogP contribution in [0.1, 0.15) is 69.2 Å². The number of anilines is 2. The molecule has 0 bridgehead atoms. The fraction of sp³-hybridized carbons (Fsp3) is 0.500. The average molecular weight is 941 g/mol. The molecule has 0 radical (unpaired) electrons. The van der Waals surface area contributed by atoms with E-state index in [1.165, 1.54) is 19.4 Å². The molecule has 4 aromatic rings. The van der Waals surface area contributed by atoms with Crippen molar-refractivity contribution in [1.82, 2.24) is 30.1 Å². The van der Waals surface area contributed by atoms with Crippen molar-refractivity contribution in [2.24, 2.45) is 11.3 Å². The zero-order valence-corrected chi connectivity index (χ0v) is 38.4. The Labute approximate surface area is 386 Å². The molecule has 16 nitrogen and oxygen atoms in total. The van der Waals surface area contributed by atoms with Crippen LogP contribution in [0, 0.1) is 11.3 Å². The van der Waals surface area contributed by atoms with Crippen molar-refractivity contribution in [1.29, 1.82) is 0 Å². The lowest BCUT2D eigenvalue weighted by Crippen LogP contribution is -2.56. The summed E-state index contributed by atoms with van der Waals surface area (Å²) >= 11 is 6.62. The number of H-pyrrole nitrogens is 1. The lowest BCUT2D eigenvalue weighted by molar-refractivity contribution is -0.274. The third-order valence-corrected chi connectivity index (χ3v) is 12.5. The quantitative estimate of drug-likeness (QED) is 0.105. The molecule has 0 aliphatic carbocycles. The van der Waals surface area contributed by atoms with Crippen molar-refractivity contribution >= 4 is 40.8 Å². The lowest BCUT2D eigenvalue weighted by atomic mass is 9.90. The molecule has 3 aliphatic rings. The van der Waals surface area contributed by atoms with Gasteiger partial charge in [0.25, 0.3) is 5.91 Å². The Bertz CT molecular complexity index is 2340. The van der Waals surface area contributed by atoms with Crippen molar-refractivity contribution in [3.05, 3.63) is 77.3 Å². The highest BCUT2D eigenvalue weighted by atomic mass is 35.5. The number of amides is 3. The summed E-state index contributed by atoms with van der Waals surface area (Å²) in [7, 11) is 2.92. The van der Waals surface area contributed by atoms with Crippen molar-refractivity contribution < 1.29 is 51.6 Å². The number of aromatic amines is 1. The maximum atomic E-state index is 14.2. The van der Waals surface area contributed by atoms with Gasteiger partial charge in [0.05, 0.1) is 40.2 Å². The number of benzene rings is 2. The van der Waals surface area contributed by atoms with Gasteiger partial charge in [-0.3, -0.25) is 19.7 Å². The van der Waals surface area contributed by atoms with Gasteiger partial charge in [0, 0.05) is 101 Å². The molecule has 4 N–H and O–H groups in total. The summed E-state index contributed by atoms with van der Waals surface area (Å²) in [6.45, 7) is 10.5. The number of methoxy groups -OCH3 is 2. The van der Waals surface area contributed by atoms with Crippen LogP contribution in [0.25, 0.3) is 22.4 Å². The molecule has 20 heteroatoms. The molecule has 356 valence electrons. The molecule has 3 aliphatic heterocycles. The van der Waals surface area contributed by atoms with Crippen LogP contribution in [0.5, 0.6) is 5.75 Å². The smallest absolute Gasteiger partial charge is 0.405 e. The summed E-state index contributed by atoms with van der Waals surface area (Å²) < 4.78 is 62.2. The van der Waals surface area contributed by atoms with Gasteiger partial charge in [-0.25, -0.2) is 9.97 Å². The third-order valence-electron chi connectivity index (χ3n) is 12.2. The molecule has 5 atom stereocenters. The minimum Gasteiger partial charge on any atom is -0.405 e. The number of aromatic nitrogens is 3. The Morgan fingerprint density at radius 1 is 1.00 bits per heavy atom. The molecule has 3 fully saturated rings. The zero-order chi connectivity index (χ0) is 47.5. The van der Waals surface area contributed by atoms with Gasteiger partial charge in [0.1, 0.15) is 17.4 Å². The van der Waals surface area contributed by atoms with Crippen LogP contribution < -0.4 is 20.3 Å². The number of aliphatic hydroxyl groups excluding tert-OH is 1. The van der Waals surface area contributed by atoms with Gasteiger partial charge in [-0.1, -0.05) is 56.6 Å². The molecule has 0 saturated carbocycles. The number of halogens is 4. The van der Waals surface area contributed by atoms with E-state index in [0.29, 0.717) is 87.1 Å². The summed E-state index contributed by atoms with van der Waals surface area (Å²) in [5.41, 5.74) is 1.05. The second-order valence-electron chi connectivity index (χ2n) is 17.8. The second kappa shape index (κ2) is 20.3. The largest absolute Gasteiger partial charge is 0.573 e. The highest BCUT2D eigenvalue weighted by molar-refractivity contribution is 6.34. The molecule has 2 aromatic heterocycles. The minimum atomic E-state index is -5.07. The van der Waals surface area contributed by atoms with E-state index in [1.807, 2.05) is 32.6 Å². The molecule has 5 heterocycles. The zero-order valence-electron chi connectivity index (χ0n) is 37.7. The van der Waals surface area contributed by atoms with E-state index in [1.54, 1.807) is 54.6 Å². The molecule has 3 saturated heterocycles. The minimum absolute atomic E-state index is 0.0195. The summed E-state index contributed by atoms with van der Waals surface area (Å²) in [6, 6.07) is 10.9. The van der Waals surface area contributed by atoms with Crippen LogP contribution >= 0.6 is 11.6 Å². The average Bonchev–Trinajstić information content (AvgIpc) is 3.97. The number of rotatable bonds is 13. The normalized spacial score (nSPS) is 20.6. The predicted molar refractivity (Wildman–Crippen MR) is 240 cm³/mol. The molecule has 2 aromatic carbocycles. The number of pyridine rings is 1. The van der Waals surface area contributed by atoms with E-state index in [9.17, 15) is 32.7 Å². The Balaban J connectivity index is 1.06. The predicted octanol–water partition coefficient (Wildman–Crippen LogP) is 6.62. The molecule has 7 rings (SSSR count). The van der Waals surface area contributed by atoms with Crippen LogP contribution in [0.3, 0.4) is 0 Å². The topological polar surface area (TPSA) is 184 Å². The first-order valence-electron chi connectivity index (χ1n) is 21.8. The molecular formula is C46H56ClF3N8O8. The number of imidazole rings is 1. The fourth-order valence-electron chi connectivity index (χ4n) is 8.73.